The summed E-state index contributed by atoms with van der Waals surface area (Å²) in [6.07, 6.45) is 6.36. The van der Waals surface area contributed by atoms with Gasteiger partial charge >= 0.3 is 0 Å². The van der Waals surface area contributed by atoms with Gasteiger partial charge in [0.25, 0.3) is 0 Å². The van der Waals surface area contributed by atoms with Gasteiger partial charge in [-0.25, -0.2) is 4.21 Å². The topological polar surface area (TPSA) is 41.4 Å². The van der Waals surface area contributed by atoms with Crippen molar-refractivity contribution in [3.05, 3.63) is 53.8 Å². The minimum atomic E-state index is -1.37. The van der Waals surface area contributed by atoms with Crippen LogP contribution in [0.3, 0.4) is 0 Å². The lowest BCUT2D eigenvalue weighted by Crippen LogP contribution is -2.50. The maximum absolute atomic E-state index is 13.3. The van der Waals surface area contributed by atoms with E-state index in [4.69, 9.17) is 11.6 Å². The molecule has 5 rings (SSSR count). The van der Waals surface area contributed by atoms with Crippen molar-refractivity contribution in [1.82, 2.24) is 13.9 Å². The molecule has 2 saturated heterocycles. The quantitative estimate of drug-likeness (QED) is 0.674. The minimum Gasteiger partial charge on any atom is -0.366 e. The van der Waals surface area contributed by atoms with Gasteiger partial charge in [0.15, 0.2) is 11.0 Å². The molecule has 140 valence electrons. The number of pyridine rings is 1. The summed E-state index contributed by atoms with van der Waals surface area (Å²) in [6, 6.07) is 11.7. The molecule has 2 unspecified atom stereocenters. The molecule has 2 aromatic heterocycles. The van der Waals surface area contributed by atoms with Gasteiger partial charge in [0.1, 0.15) is 5.52 Å². The monoisotopic (exact) mass is 400 g/mol. The second-order valence-corrected chi connectivity index (χ2v) is 9.00. The van der Waals surface area contributed by atoms with Crippen LogP contribution >= 0.6 is 11.6 Å². The van der Waals surface area contributed by atoms with E-state index in [2.05, 4.69) is 14.8 Å². The van der Waals surface area contributed by atoms with E-state index in [-0.39, 0.29) is 0 Å². The molecule has 2 atom stereocenters. The molecule has 27 heavy (non-hydrogen) atoms. The predicted octanol–water partition coefficient (Wildman–Crippen LogP) is 3.55. The van der Waals surface area contributed by atoms with Crippen LogP contribution in [-0.2, 0) is 11.0 Å². The molecule has 5 nitrogen and oxygen atoms in total. The number of halogens is 1. The first-order valence-corrected chi connectivity index (χ1v) is 10.8. The number of hydrogen-bond acceptors (Lipinski definition) is 4. The second kappa shape index (κ2) is 6.93. The SMILES string of the molecule is O=S(c1cccc(Cl)c1)n1cc(N2CCN3CCCC3C2)c2ncccc21. The van der Waals surface area contributed by atoms with Gasteiger partial charge in [-0.2, -0.15) is 0 Å². The molecule has 7 heteroatoms. The fourth-order valence-electron chi connectivity index (χ4n) is 4.28. The minimum absolute atomic E-state index is 0.591. The molecular weight excluding hydrogens is 380 g/mol. The van der Waals surface area contributed by atoms with Crippen LogP contribution in [0.1, 0.15) is 12.8 Å². The summed E-state index contributed by atoms with van der Waals surface area (Å²) in [5.41, 5.74) is 2.88. The molecule has 2 fully saturated rings. The third-order valence-electron chi connectivity index (χ3n) is 5.61. The normalized spacial score (nSPS) is 21.5. The molecule has 0 spiro atoms. The Hall–Kier alpha value is -1.89. The highest BCUT2D eigenvalue weighted by atomic mass is 35.5. The van der Waals surface area contributed by atoms with E-state index in [9.17, 15) is 4.21 Å². The molecule has 0 bridgehead atoms. The highest BCUT2D eigenvalue weighted by molar-refractivity contribution is 7.83. The first kappa shape index (κ1) is 17.2. The largest absolute Gasteiger partial charge is 0.366 e. The van der Waals surface area contributed by atoms with Crippen LogP contribution in [0.2, 0.25) is 5.02 Å². The Kier molecular flexibility index (Phi) is 4.42. The van der Waals surface area contributed by atoms with Crippen LogP contribution in [0.5, 0.6) is 0 Å². The highest BCUT2D eigenvalue weighted by Crippen LogP contribution is 2.32. The Labute approximate surface area is 166 Å². The van der Waals surface area contributed by atoms with Gasteiger partial charge in [0, 0.05) is 43.1 Å². The van der Waals surface area contributed by atoms with Crippen LogP contribution in [-0.4, -0.2) is 50.3 Å². The number of rotatable bonds is 3. The Morgan fingerprint density at radius 1 is 1.15 bits per heavy atom. The molecule has 3 aromatic rings. The molecular formula is C20H21ClN4OS. The molecule has 0 N–H and O–H groups in total. The van der Waals surface area contributed by atoms with E-state index >= 15 is 0 Å². The summed E-state index contributed by atoms with van der Waals surface area (Å²) in [5.74, 6) is 0. The second-order valence-electron chi connectivity index (χ2n) is 7.20. The number of hydrogen-bond donors (Lipinski definition) is 0. The van der Waals surface area contributed by atoms with E-state index in [0.29, 0.717) is 16.0 Å². The van der Waals surface area contributed by atoms with Gasteiger partial charge in [0.2, 0.25) is 0 Å². The molecule has 1 aromatic carbocycles. The van der Waals surface area contributed by atoms with Crippen molar-refractivity contribution in [2.75, 3.05) is 31.1 Å². The lowest BCUT2D eigenvalue weighted by atomic mass is 10.1. The van der Waals surface area contributed by atoms with Crippen molar-refractivity contribution in [2.45, 2.75) is 23.8 Å². The van der Waals surface area contributed by atoms with Gasteiger partial charge in [0.05, 0.1) is 16.1 Å². The van der Waals surface area contributed by atoms with E-state index in [0.717, 1.165) is 36.4 Å². The molecule has 0 saturated carbocycles. The van der Waals surface area contributed by atoms with Crippen LogP contribution in [0.25, 0.3) is 11.0 Å². The van der Waals surface area contributed by atoms with E-state index in [1.807, 2.05) is 40.6 Å². The Morgan fingerprint density at radius 3 is 2.96 bits per heavy atom. The fraction of sp³-hybridized carbons (Fsp3) is 0.350. The van der Waals surface area contributed by atoms with Crippen LogP contribution < -0.4 is 4.90 Å². The average molecular weight is 401 g/mol. The van der Waals surface area contributed by atoms with Crippen molar-refractivity contribution < 1.29 is 4.21 Å². The van der Waals surface area contributed by atoms with Gasteiger partial charge in [-0.3, -0.25) is 13.9 Å². The van der Waals surface area contributed by atoms with Gasteiger partial charge in [-0.15, -0.1) is 0 Å². The Balaban J connectivity index is 1.56. The zero-order chi connectivity index (χ0) is 18.4. The Bertz CT molecular complexity index is 1020. The standard InChI is InChI=1S/C20H21ClN4OS/c21-15-4-1-6-17(12-15)27(26)25-14-19(20-18(25)7-2-8-22-20)24-11-10-23-9-3-5-16(23)13-24/h1-2,4,6-8,12,14,16H,3,5,9-11,13H2. The van der Waals surface area contributed by atoms with Gasteiger partial charge in [-0.1, -0.05) is 17.7 Å². The van der Waals surface area contributed by atoms with Crippen molar-refractivity contribution in [3.63, 3.8) is 0 Å². The Morgan fingerprint density at radius 2 is 2.07 bits per heavy atom. The first-order chi connectivity index (χ1) is 13.2. The number of aromatic nitrogens is 2. The van der Waals surface area contributed by atoms with Crippen molar-refractivity contribution in [1.29, 1.82) is 0 Å². The molecule has 4 heterocycles. The average Bonchev–Trinajstić information content (AvgIpc) is 3.31. The third kappa shape index (κ3) is 3.06. The van der Waals surface area contributed by atoms with Crippen molar-refractivity contribution >= 4 is 39.3 Å². The van der Waals surface area contributed by atoms with Crippen molar-refractivity contribution in [2.24, 2.45) is 0 Å². The predicted molar refractivity (Wildman–Crippen MR) is 110 cm³/mol. The van der Waals surface area contributed by atoms with Crippen molar-refractivity contribution in [3.8, 4) is 0 Å². The summed E-state index contributed by atoms with van der Waals surface area (Å²) >= 11 is 6.10. The molecule has 2 aliphatic rings. The lowest BCUT2D eigenvalue weighted by Gasteiger charge is -2.38. The summed E-state index contributed by atoms with van der Waals surface area (Å²) in [5, 5.41) is 0.591. The van der Waals surface area contributed by atoms with E-state index < -0.39 is 11.0 Å². The summed E-state index contributed by atoms with van der Waals surface area (Å²) < 4.78 is 15.1. The summed E-state index contributed by atoms with van der Waals surface area (Å²) in [7, 11) is -1.37. The maximum Gasteiger partial charge on any atom is 0.157 e. The summed E-state index contributed by atoms with van der Waals surface area (Å²) in [4.78, 5) is 10.3. The lowest BCUT2D eigenvalue weighted by molar-refractivity contribution is 0.231. The number of fused-ring (bicyclic) bond motifs is 2. The zero-order valence-electron chi connectivity index (χ0n) is 14.9. The molecule has 2 aliphatic heterocycles. The number of benzene rings is 1. The van der Waals surface area contributed by atoms with E-state index in [1.165, 1.54) is 19.4 Å². The summed E-state index contributed by atoms with van der Waals surface area (Å²) in [6.45, 7) is 4.30. The van der Waals surface area contributed by atoms with E-state index in [1.54, 1.807) is 12.1 Å². The third-order valence-corrected chi connectivity index (χ3v) is 7.16. The maximum atomic E-state index is 13.3. The van der Waals surface area contributed by atoms with Gasteiger partial charge < -0.3 is 4.90 Å². The number of piperazine rings is 1. The highest BCUT2D eigenvalue weighted by Gasteiger charge is 2.32. The zero-order valence-corrected chi connectivity index (χ0v) is 16.5. The molecule has 0 amide bonds. The smallest absolute Gasteiger partial charge is 0.157 e. The fourth-order valence-corrected chi connectivity index (χ4v) is 5.71. The first-order valence-electron chi connectivity index (χ1n) is 9.33. The number of nitrogens with zero attached hydrogens (tertiary/aromatic N) is 4. The van der Waals surface area contributed by atoms with Crippen LogP contribution in [0, 0.1) is 0 Å². The van der Waals surface area contributed by atoms with Gasteiger partial charge in [-0.05, 0) is 49.7 Å². The molecule has 0 aliphatic carbocycles. The van der Waals surface area contributed by atoms with Crippen LogP contribution in [0.4, 0.5) is 5.69 Å². The molecule has 0 radical (unpaired) electrons. The van der Waals surface area contributed by atoms with Crippen LogP contribution in [0.15, 0.2) is 53.7 Å². The number of anilines is 1.